The van der Waals surface area contributed by atoms with Crippen molar-refractivity contribution in [1.29, 1.82) is 0 Å². The van der Waals surface area contributed by atoms with Crippen LogP contribution in [0.5, 0.6) is 0 Å². The average Bonchev–Trinajstić information content (AvgIpc) is 3.53. The van der Waals surface area contributed by atoms with Crippen LogP contribution in [0.4, 0.5) is 5.69 Å². The zero-order chi connectivity index (χ0) is 22.1. The second-order valence-electron chi connectivity index (χ2n) is 8.38. The lowest BCUT2D eigenvalue weighted by atomic mass is 10.1. The van der Waals surface area contributed by atoms with Gasteiger partial charge in [0.05, 0.1) is 11.5 Å². The van der Waals surface area contributed by atoms with Gasteiger partial charge in [-0.1, -0.05) is 12.1 Å². The predicted molar refractivity (Wildman–Crippen MR) is 120 cm³/mol. The maximum Gasteiger partial charge on any atom is 0.255 e. The van der Waals surface area contributed by atoms with E-state index in [1.807, 2.05) is 42.5 Å². The van der Waals surface area contributed by atoms with Crippen LogP contribution in [0, 0.1) is 0 Å². The molecular weight excluding hydrogens is 428 g/mol. The summed E-state index contributed by atoms with van der Waals surface area (Å²) >= 11 is 0. The van der Waals surface area contributed by atoms with Gasteiger partial charge in [0, 0.05) is 42.4 Å². The Morgan fingerprint density at radius 1 is 1.06 bits per heavy atom. The Hall–Kier alpha value is -3.04. The van der Waals surface area contributed by atoms with Crippen LogP contribution < -0.4 is 5.32 Å². The fraction of sp³-hybridized carbons (Fsp3) is 0.348. The highest BCUT2D eigenvalue weighted by Gasteiger charge is 2.29. The van der Waals surface area contributed by atoms with Gasteiger partial charge >= 0.3 is 0 Å². The van der Waals surface area contributed by atoms with Crippen molar-refractivity contribution >= 4 is 21.4 Å². The highest BCUT2D eigenvalue weighted by atomic mass is 32.2. The first-order valence-electron chi connectivity index (χ1n) is 10.7. The van der Waals surface area contributed by atoms with E-state index in [-0.39, 0.29) is 17.4 Å². The van der Waals surface area contributed by atoms with Gasteiger partial charge in [-0.25, -0.2) is 8.42 Å². The summed E-state index contributed by atoms with van der Waals surface area (Å²) in [6.45, 7) is 1.67. The summed E-state index contributed by atoms with van der Waals surface area (Å²) in [5.41, 5.74) is 3.03. The Balaban J connectivity index is 1.21. The summed E-state index contributed by atoms with van der Waals surface area (Å²) in [4.78, 5) is 14.8. The van der Waals surface area contributed by atoms with E-state index < -0.39 is 9.84 Å². The summed E-state index contributed by atoms with van der Waals surface area (Å²) in [6, 6.07) is 14.7. The van der Waals surface area contributed by atoms with Gasteiger partial charge < -0.3 is 9.73 Å². The van der Waals surface area contributed by atoms with Crippen LogP contribution in [0.15, 0.2) is 52.9 Å². The Labute approximate surface area is 186 Å². The van der Waals surface area contributed by atoms with Crippen molar-refractivity contribution in [2.24, 2.45) is 0 Å². The van der Waals surface area contributed by atoms with Gasteiger partial charge in [-0.2, -0.15) is 0 Å². The Kier molecular flexibility index (Phi) is 5.52. The number of nitrogens with one attached hydrogen (secondary N) is 1. The van der Waals surface area contributed by atoms with Gasteiger partial charge in [-0.3, -0.25) is 9.69 Å². The molecule has 32 heavy (non-hydrogen) atoms. The third-order valence-corrected chi connectivity index (χ3v) is 7.40. The van der Waals surface area contributed by atoms with Crippen LogP contribution in [0.25, 0.3) is 11.5 Å². The first-order valence-corrected chi connectivity index (χ1v) is 12.5. The van der Waals surface area contributed by atoms with E-state index in [9.17, 15) is 13.2 Å². The quantitative estimate of drug-likeness (QED) is 0.613. The minimum atomic E-state index is -2.90. The number of amides is 1. The van der Waals surface area contributed by atoms with Crippen molar-refractivity contribution in [2.45, 2.75) is 25.3 Å². The molecule has 0 radical (unpaired) electrons. The van der Waals surface area contributed by atoms with E-state index in [1.165, 1.54) is 0 Å². The number of nitrogens with zero attached hydrogens (tertiary/aromatic N) is 3. The Morgan fingerprint density at radius 3 is 2.53 bits per heavy atom. The molecule has 0 atom stereocenters. The normalized spacial score (nSPS) is 18.4. The molecule has 8 nitrogen and oxygen atoms in total. The van der Waals surface area contributed by atoms with Gasteiger partial charge in [0.2, 0.25) is 11.8 Å². The molecular formula is C23H24N4O4S. The van der Waals surface area contributed by atoms with Crippen LogP contribution in [0.1, 0.15) is 40.6 Å². The molecule has 1 aliphatic carbocycles. The van der Waals surface area contributed by atoms with Crippen LogP contribution in [-0.2, 0) is 16.4 Å². The lowest BCUT2D eigenvalue weighted by molar-refractivity contribution is 0.102. The monoisotopic (exact) mass is 452 g/mol. The van der Waals surface area contributed by atoms with Gasteiger partial charge in [0.1, 0.15) is 0 Å². The van der Waals surface area contributed by atoms with Gasteiger partial charge in [0.25, 0.3) is 5.91 Å². The predicted octanol–water partition coefficient (Wildman–Crippen LogP) is 3.10. The lowest BCUT2D eigenvalue weighted by Gasteiger charge is -2.26. The van der Waals surface area contributed by atoms with Crippen molar-refractivity contribution in [3.63, 3.8) is 0 Å². The standard InChI is InChI=1S/C23H24N4O4S/c28-21(19-3-1-2-16(14-19)15-27-10-12-32(29,30)13-11-27)24-20-8-6-18(7-9-20)23-26-25-22(31-23)17-4-5-17/h1-3,6-9,14,17H,4-5,10-13,15H2,(H,24,28). The first kappa shape index (κ1) is 20.8. The summed E-state index contributed by atoms with van der Waals surface area (Å²) in [5.74, 6) is 1.78. The fourth-order valence-electron chi connectivity index (χ4n) is 3.72. The summed E-state index contributed by atoms with van der Waals surface area (Å²) in [6.07, 6.45) is 2.21. The third-order valence-electron chi connectivity index (χ3n) is 5.79. The second kappa shape index (κ2) is 8.48. The number of benzene rings is 2. The summed E-state index contributed by atoms with van der Waals surface area (Å²) in [5, 5.41) is 11.1. The molecule has 0 bridgehead atoms. The SMILES string of the molecule is O=C(Nc1ccc(-c2nnc(C3CC3)o2)cc1)c1cccc(CN2CCS(=O)(=O)CC2)c1. The van der Waals surface area contributed by atoms with Crippen molar-refractivity contribution in [2.75, 3.05) is 29.9 Å². The number of carbonyl (C=O) groups excluding carboxylic acids is 1. The molecule has 3 aromatic rings. The van der Waals surface area contributed by atoms with Crippen molar-refractivity contribution < 1.29 is 17.6 Å². The van der Waals surface area contributed by atoms with Crippen molar-refractivity contribution in [1.82, 2.24) is 15.1 Å². The molecule has 2 heterocycles. The Morgan fingerprint density at radius 2 is 1.81 bits per heavy atom. The van der Waals surface area contributed by atoms with E-state index in [0.717, 1.165) is 24.0 Å². The molecule has 2 aromatic carbocycles. The molecule has 1 aromatic heterocycles. The maximum absolute atomic E-state index is 12.7. The number of rotatable bonds is 6. The second-order valence-corrected chi connectivity index (χ2v) is 10.7. The molecule has 1 saturated carbocycles. The van der Waals surface area contributed by atoms with Crippen molar-refractivity contribution in [3.05, 3.63) is 65.5 Å². The number of anilines is 1. The largest absolute Gasteiger partial charge is 0.420 e. The van der Waals surface area contributed by atoms with Gasteiger partial charge in [0.15, 0.2) is 9.84 Å². The van der Waals surface area contributed by atoms with E-state index in [2.05, 4.69) is 20.4 Å². The highest BCUT2D eigenvalue weighted by molar-refractivity contribution is 7.91. The minimum Gasteiger partial charge on any atom is -0.420 e. The van der Waals surface area contributed by atoms with Gasteiger partial charge in [-0.15, -0.1) is 10.2 Å². The molecule has 1 N–H and O–H groups in total. The van der Waals surface area contributed by atoms with E-state index >= 15 is 0 Å². The molecule has 166 valence electrons. The highest BCUT2D eigenvalue weighted by Crippen LogP contribution is 2.39. The molecule has 1 aliphatic heterocycles. The number of hydrogen-bond acceptors (Lipinski definition) is 7. The molecule has 5 rings (SSSR count). The molecule has 1 saturated heterocycles. The number of sulfone groups is 1. The van der Waals surface area contributed by atoms with Crippen LogP contribution >= 0.6 is 0 Å². The number of carbonyl (C=O) groups is 1. The van der Waals surface area contributed by atoms with Crippen LogP contribution in [0.2, 0.25) is 0 Å². The fourth-order valence-corrected chi connectivity index (χ4v) is 5.00. The third kappa shape index (κ3) is 4.89. The van der Waals surface area contributed by atoms with E-state index in [0.29, 0.717) is 48.6 Å². The first-order chi connectivity index (χ1) is 15.4. The topological polar surface area (TPSA) is 105 Å². The molecule has 0 unspecified atom stereocenters. The van der Waals surface area contributed by atoms with Crippen LogP contribution in [0.3, 0.4) is 0 Å². The van der Waals surface area contributed by atoms with E-state index in [4.69, 9.17) is 4.42 Å². The molecule has 0 spiro atoms. The molecule has 2 fully saturated rings. The van der Waals surface area contributed by atoms with Gasteiger partial charge in [-0.05, 0) is 54.8 Å². The molecule has 1 amide bonds. The molecule has 9 heteroatoms. The van der Waals surface area contributed by atoms with Crippen molar-refractivity contribution in [3.8, 4) is 11.5 Å². The smallest absolute Gasteiger partial charge is 0.255 e. The van der Waals surface area contributed by atoms with E-state index in [1.54, 1.807) is 6.07 Å². The van der Waals surface area contributed by atoms with Crippen LogP contribution in [-0.4, -0.2) is 54.0 Å². The number of hydrogen-bond donors (Lipinski definition) is 1. The number of aromatic nitrogens is 2. The zero-order valence-electron chi connectivity index (χ0n) is 17.5. The lowest BCUT2D eigenvalue weighted by Crippen LogP contribution is -2.39. The average molecular weight is 453 g/mol. The summed E-state index contributed by atoms with van der Waals surface area (Å²) < 4.78 is 28.9. The molecule has 2 aliphatic rings. The Bertz CT molecular complexity index is 1220. The zero-order valence-corrected chi connectivity index (χ0v) is 18.3. The maximum atomic E-state index is 12.7. The summed E-state index contributed by atoms with van der Waals surface area (Å²) in [7, 11) is -2.90. The minimum absolute atomic E-state index is 0.189.